The molecule has 0 unspecified atom stereocenters. The molecule has 3 rings (SSSR count). The summed E-state index contributed by atoms with van der Waals surface area (Å²) in [7, 11) is -2.65. The van der Waals surface area contributed by atoms with E-state index < -0.39 is 22.5 Å². The van der Waals surface area contributed by atoms with Gasteiger partial charge in [0.25, 0.3) is 5.89 Å². The molecule has 0 aliphatic heterocycles. The van der Waals surface area contributed by atoms with Crippen LogP contribution in [-0.2, 0) is 26.2 Å². The maximum absolute atomic E-state index is 12.6. The highest BCUT2D eigenvalue weighted by Crippen LogP contribution is 2.22. The van der Waals surface area contributed by atoms with Crippen molar-refractivity contribution in [2.24, 2.45) is 0 Å². The number of rotatable bonds is 8. The van der Waals surface area contributed by atoms with Crippen LogP contribution in [0.3, 0.4) is 0 Å². The summed E-state index contributed by atoms with van der Waals surface area (Å²) in [4.78, 5) is 28.2. The van der Waals surface area contributed by atoms with Crippen molar-refractivity contribution >= 4 is 33.1 Å². The van der Waals surface area contributed by atoms with Crippen LogP contribution in [0.15, 0.2) is 51.2 Å². The van der Waals surface area contributed by atoms with Gasteiger partial charge in [-0.15, -0.1) is 11.3 Å². The molecule has 0 saturated heterocycles. The number of hydrogen-bond acceptors (Lipinski definition) is 9. The van der Waals surface area contributed by atoms with Gasteiger partial charge in [0.1, 0.15) is 6.54 Å². The zero-order chi connectivity index (χ0) is 21.0. The Balaban J connectivity index is 1.57. The Morgan fingerprint density at radius 3 is 2.55 bits per heavy atom. The maximum atomic E-state index is 12.6. The lowest BCUT2D eigenvalue weighted by molar-refractivity contribution is -0.145. The van der Waals surface area contributed by atoms with Crippen LogP contribution >= 0.6 is 11.3 Å². The third-order valence-electron chi connectivity index (χ3n) is 3.88. The van der Waals surface area contributed by atoms with Gasteiger partial charge in [-0.1, -0.05) is 23.4 Å². The monoisotopic (exact) mass is 435 g/mol. The molecule has 9 nitrogen and oxygen atoms in total. The smallest absolute Gasteiger partial charge is 0.321 e. The number of carbonyl (C=O) groups excluding carboxylic acids is 2. The first kappa shape index (κ1) is 20.8. The van der Waals surface area contributed by atoms with Gasteiger partial charge in [0.15, 0.2) is 12.4 Å². The molecule has 0 aliphatic carbocycles. The average Bonchev–Trinajstić information content (AvgIpc) is 3.38. The van der Waals surface area contributed by atoms with Gasteiger partial charge in [0.2, 0.25) is 15.8 Å². The molecule has 0 fully saturated rings. The van der Waals surface area contributed by atoms with Crippen LogP contribution in [0.25, 0.3) is 10.8 Å². The third-order valence-corrected chi connectivity index (χ3v) is 6.56. The Morgan fingerprint density at radius 2 is 1.93 bits per heavy atom. The van der Waals surface area contributed by atoms with Crippen molar-refractivity contribution in [3.63, 3.8) is 0 Å². The zero-order valence-corrected chi connectivity index (χ0v) is 17.2. The predicted molar refractivity (Wildman–Crippen MR) is 104 cm³/mol. The molecule has 1 aromatic carbocycles. The minimum Gasteiger partial charge on any atom is -0.456 e. The van der Waals surface area contributed by atoms with E-state index in [4.69, 9.17) is 9.26 Å². The number of benzene rings is 1. The molecule has 29 heavy (non-hydrogen) atoms. The number of hydrogen-bond donors (Lipinski definition) is 0. The number of Topliss-reactive ketones (excluding diaryl/α,β-unsaturated/α-hetero) is 1. The summed E-state index contributed by atoms with van der Waals surface area (Å²) >= 11 is 1.43. The summed E-state index contributed by atoms with van der Waals surface area (Å²) in [6.45, 7) is 0.653. The number of sulfonamides is 1. The van der Waals surface area contributed by atoms with E-state index in [9.17, 15) is 18.0 Å². The largest absolute Gasteiger partial charge is 0.456 e. The number of thiophene rings is 1. The van der Waals surface area contributed by atoms with E-state index in [1.54, 1.807) is 0 Å². The first-order chi connectivity index (χ1) is 13.8. The second-order valence-corrected chi connectivity index (χ2v) is 8.99. The van der Waals surface area contributed by atoms with Crippen LogP contribution < -0.4 is 0 Å². The molecule has 0 saturated carbocycles. The van der Waals surface area contributed by atoms with E-state index in [0.717, 1.165) is 9.18 Å². The molecule has 0 N–H and O–H groups in total. The fourth-order valence-corrected chi connectivity index (χ4v) is 4.07. The SMILES string of the molecule is CC(=O)c1ccc(S(=O)(=O)N(C)CC(=O)OCc2noc(-c3cccs3)n2)cc1. The number of esters is 1. The summed E-state index contributed by atoms with van der Waals surface area (Å²) in [5.74, 6) is -0.444. The number of aromatic nitrogens is 2. The molecule has 0 aliphatic rings. The first-order valence-electron chi connectivity index (χ1n) is 8.37. The van der Waals surface area contributed by atoms with E-state index in [1.807, 2.05) is 17.5 Å². The highest BCUT2D eigenvalue weighted by molar-refractivity contribution is 7.89. The predicted octanol–water partition coefficient (Wildman–Crippen LogP) is 2.36. The van der Waals surface area contributed by atoms with Gasteiger partial charge in [0, 0.05) is 12.6 Å². The molecule has 2 aromatic heterocycles. The third kappa shape index (κ3) is 4.94. The number of likely N-dealkylation sites (N-methyl/N-ethyl adjacent to an activating group) is 1. The summed E-state index contributed by atoms with van der Waals surface area (Å²) < 4.78 is 36.1. The Bertz CT molecular complexity index is 1100. The molecule has 3 aromatic rings. The molecule has 0 amide bonds. The van der Waals surface area contributed by atoms with Crippen LogP contribution in [-0.4, -0.2) is 48.2 Å². The van der Waals surface area contributed by atoms with Crippen LogP contribution in [0.4, 0.5) is 0 Å². The highest BCUT2D eigenvalue weighted by Gasteiger charge is 2.24. The number of nitrogens with zero attached hydrogens (tertiary/aromatic N) is 3. The first-order valence-corrected chi connectivity index (χ1v) is 10.7. The Kier molecular flexibility index (Phi) is 6.20. The normalized spacial score (nSPS) is 11.6. The standard InChI is InChI=1S/C18H17N3O6S2/c1-12(22)13-5-7-14(8-6-13)29(24,25)21(2)10-17(23)26-11-16-19-18(27-20-16)15-4-3-9-28-15/h3-9H,10-11H2,1-2H3. The Hall–Kier alpha value is -2.89. The summed E-state index contributed by atoms with van der Waals surface area (Å²) in [6, 6.07) is 9.13. The molecule has 0 spiro atoms. The van der Waals surface area contributed by atoms with Gasteiger partial charge in [0.05, 0.1) is 9.77 Å². The highest BCUT2D eigenvalue weighted by atomic mass is 32.2. The van der Waals surface area contributed by atoms with Crippen LogP contribution in [0.1, 0.15) is 23.1 Å². The maximum Gasteiger partial charge on any atom is 0.321 e. The topological polar surface area (TPSA) is 120 Å². The van der Waals surface area contributed by atoms with Crippen LogP contribution in [0.2, 0.25) is 0 Å². The van der Waals surface area contributed by atoms with Gasteiger partial charge < -0.3 is 9.26 Å². The van der Waals surface area contributed by atoms with E-state index in [1.165, 1.54) is 49.6 Å². The van der Waals surface area contributed by atoms with Crippen LogP contribution in [0, 0.1) is 0 Å². The molecule has 0 bridgehead atoms. The van der Waals surface area contributed by atoms with Gasteiger partial charge in [-0.25, -0.2) is 8.42 Å². The summed E-state index contributed by atoms with van der Waals surface area (Å²) in [5, 5.41) is 5.59. The molecular formula is C18H17N3O6S2. The van der Waals surface area contributed by atoms with Gasteiger partial charge in [-0.3, -0.25) is 9.59 Å². The van der Waals surface area contributed by atoms with Crippen molar-refractivity contribution in [1.29, 1.82) is 0 Å². The average molecular weight is 435 g/mol. The Labute approximate surface area is 171 Å². The van der Waals surface area contributed by atoms with E-state index in [2.05, 4.69) is 10.1 Å². The molecule has 0 atom stereocenters. The number of carbonyl (C=O) groups is 2. The van der Waals surface area contributed by atoms with Crippen LogP contribution in [0.5, 0.6) is 0 Å². The van der Waals surface area contributed by atoms with Gasteiger partial charge >= 0.3 is 5.97 Å². The lowest BCUT2D eigenvalue weighted by Gasteiger charge is -2.16. The molecule has 11 heteroatoms. The van der Waals surface area contributed by atoms with Crippen molar-refractivity contribution in [2.75, 3.05) is 13.6 Å². The Morgan fingerprint density at radius 1 is 1.21 bits per heavy atom. The van der Waals surface area contributed by atoms with Crippen molar-refractivity contribution in [2.45, 2.75) is 18.4 Å². The minimum absolute atomic E-state index is 0.0310. The van der Waals surface area contributed by atoms with Crippen molar-refractivity contribution in [3.05, 3.63) is 53.2 Å². The van der Waals surface area contributed by atoms with Gasteiger partial charge in [-0.2, -0.15) is 9.29 Å². The molecule has 0 radical (unpaired) electrons. The molecular weight excluding hydrogens is 418 g/mol. The van der Waals surface area contributed by atoms with E-state index >= 15 is 0 Å². The number of ketones is 1. The summed E-state index contributed by atoms with van der Waals surface area (Å²) in [5.41, 5.74) is 0.396. The van der Waals surface area contributed by atoms with Crippen molar-refractivity contribution in [3.8, 4) is 10.8 Å². The lowest BCUT2D eigenvalue weighted by Crippen LogP contribution is -2.33. The van der Waals surface area contributed by atoms with E-state index in [-0.39, 0.29) is 23.1 Å². The fraction of sp³-hybridized carbons (Fsp3) is 0.222. The quantitative estimate of drug-likeness (QED) is 0.391. The zero-order valence-electron chi connectivity index (χ0n) is 15.6. The van der Waals surface area contributed by atoms with Crippen molar-refractivity contribution < 1.29 is 27.3 Å². The van der Waals surface area contributed by atoms with E-state index in [0.29, 0.717) is 11.5 Å². The number of ether oxygens (including phenoxy) is 1. The molecule has 2 heterocycles. The van der Waals surface area contributed by atoms with Gasteiger partial charge in [-0.05, 0) is 30.5 Å². The second-order valence-electron chi connectivity index (χ2n) is 6.00. The van der Waals surface area contributed by atoms with Crippen molar-refractivity contribution in [1.82, 2.24) is 14.4 Å². The second kappa shape index (κ2) is 8.64. The molecule has 152 valence electrons. The summed E-state index contributed by atoms with van der Waals surface area (Å²) in [6.07, 6.45) is 0. The lowest BCUT2D eigenvalue weighted by atomic mass is 10.2. The fourth-order valence-electron chi connectivity index (χ4n) is 2.31. The minimum atomic E-state index is -3.91.